The van der Waals surface area contributed by atoms with Crippen LogP contribution in [0.25, 0.3) is 11.1 Å². The third-order valence-corrected chi connectivity index (χ3v) is 5.60. The maximum absolute atomic E-state index is 13.8. The zero-order chi connectivity index (χ0) is 22.3. The third-order valence-electron chi connectivity index (χ3n) is 5.60. The van der Waals surface area contributed by atoms with Crippen molar-refractivity contribution in [3.05, 3.63) is 34.7 Å². The minimum absolute atomic E-state index is 0.0359. The molecule has 3 aromatic rings. The van der Waals surface area contributed by atoms with Crippen LogP contribution in [0, 0.1) is 13.8 Å². The lowest BCUT2D eigenvalue weighted by Gasteiger charge is -2.32. The molecule has 1 aliphatic rings. The van der Waals surface area contributed by atoms with Gasteiger partial charge in [-0.3, -0.25) is 4.79 Å². The van der Waals surface area contributed by atoms with Gasteiger partial charge in [0.25, 0.3) is 5.71 Å². The number of rotatable bonds is 4. The van der Waals surface area contributed by atoms with Crippen molar-refractivity contribution >= 4 is 17.0 Å². The summed E-state index contributed by atoms with van der Waals surface area (Å²) in [7, 11) is 0. The first-order valence-electron chi connectivity index (χ1n) is 10.2. The fourth-order valence-corrected chi connectivity index (χ4v) is 4.07. The average molecular weight is 436 g/mol. The molecule has 0 unspecified atom stereocenters. The Balaban J connectivity index is 1.62. The number of hydrogen-bond acceptors (Lipinski definition) is 6. The maximum Gasteiger partial charge on any atom is 0.417 e. The van der Waals surface area contributed by atoms with E-state index >= 15 is 0 Å². The van der Waals surface area contributed by atoms with Crippen molar-refractivity contribution in [2.75, 3.05) is 13.1 Å². The van der Waals surface area contributed by atoms with E-state index in [9.17, 15) is 18.0 Å². The molecule has 0 spiro atoms. The van der Waals surface area contributed by atoms with Crippen LogP contribution in [-0.4, -0.2) is 48.8 Å². The largest absolute Gasteiger partial charge is 0.417 e. The standard InChI is InChI=1S/C20H23F3N6O2/c1-4-14-8-15(20(21,22)23)17-18(27-31-19(17)25-14)13-6-5-7-28(9-13)16(30)10-29-12(3)24-11(2)26-29/h8,13H,4-7,9-10H2,1-3H3/t13-/m0/s1. The molecule has 1 aliphatic heterocycles. The summed E-state index contributed by atoms with van der Waals surface area (Å²) < 4.78 is 48.0. The first-order chi connectivity index (χ1) is 14.7. The first-order valence-corrected chi connectivity index (χ1v) is 10.2. The van der Waals surface area contributed by atoms with Crippen molar-refractivity contribution in [3.63, 3.8) is 0 Å². The van der Waals surface area contributed by atoms with Gasteiger partial charge >= 0.3 is 6.18 Å². The van der Waals surface area contributed by atoms with Gasteiger partial charge in [-0.1, -0.05) is 12.1 Å². The summed E-state index contributed by atoms with van der Waals surface area (Å²) >= 11 is 0. The molecule has 0 N–H and O–H groups in total. The second-order valence-electron chi connectivity index (χ2n) is 7.80. The van der Waals surface area contributed by atoms with Gasteiger partial charge in [0.05, 0.1) is 16.6 Å². The third kappa shape index (κ3) is 4.13. The van der Waals surface area contributed by atoms with Crippen LogP contribution in [-0.2, 0) is 23.9 Å². The van der Waals surface area contributed by atoms with Crippen LogP contribution in [0.4, 0.5) is 13.2 Å². The highest BCUT2D eigenvalue weighted by Gasteiger charge is 2.38. The summed E-state index contributed by atoms with van der Waals surface area (Å²) in [6.45, 7) is 6.08. The van der Waals surface area contributed by atoms with Crippen LogP contribution in [0.15, 0.2) is 10.6 Å². The molecule has 1 fully saturated rings. The van der Waals surface area contributed by atoms with Crippen LogP contribution in [0.5, 0.6) is 0 Å². The van der Waals surface area contributed by atoms with E-state index in [1.807, 2.05) is 0 Å². The van der Waals surface area contributed by atoms with E-state index in [0.717, 1.165) is 6.07 Å². The number of carbonyl (C=O) groups excluding carboxylic acids is 1. The summed E-state index contributed by atoms with van der Waals surface area (Å²) in [4.78, 5) is 22.8. The number of hydrogen-bond donors (Lipinski definition) is 0. The number of likely N-dealkylation sites (tertiary alicyclic amines) is 1. The molecule has 0 aromatic carbocycles. The maximum atomic E-state index is 13.8. The smallest absolute Gasteiger partial charge is 0.340 e. The lowest BCUT2D eigenvalue weighted by molar-refractivity contribution is -0.136. The molecule has 0 aliphatic carbocycles. The molecule has 166 valence electrons. The molecule has 0 radical (unpaired) electrons. The van der Waals surface area contributed by atoms with Crippen LogP contribution in [0.2, 0.25) is 0 Å². The van der Waals surface area contributed by atoms with E-state index in [1.54, 1.807) is 25.7 Å². The molecule has 11 heteroatoms. The number of amides is 1. The van der Waals surface area contributed by atoms with Crippen molar-refractivity contribution in [2.24, 2.45) is 0 Å². The molecular formula is C20H23F3N6O2. The van der Waals surface area contributed by atoms with Crippen LogP contribution in [0.3, 0.4) is 0 Å². The molecule has 4 heterocycles. The molecular weight excluding hydrogens is 413 g/mol. The Kier molecular flexibility index (Phi) is 5.44. The van der Waals surface area contributed by atoms with Crippen molar-refractivity contribution in [3.8, 4) is 0 Å². The highest BCUT2D eigenvalue weighted by molar-refractivity contribution is 5.82. The molecule has 4 rings (SSSR count). The molecule has 0 bridgehead atoms. The summed E-state index contributed by atoms with van der Waals surface area (Å²) in [6, 6.07) is 1.06. The molecule has 1 atom stereocenters. The van der Waals surface area contributed by atoms with Crippen LogP contribution in [0.1, 0.15) is 54.3 Å². The molecule has 0 saturated carbocycles. The first kappa shape index (κ1) is 21.3. The second-order valence-corrected chi connectivity index (χ2v) is 7.80. The van der Waals surface area contributed by atoms with Crippen molar-refractivity contribution < 1.29 is 22.5 Å². The predicted octanol–water partition coefficient (Wildman–Crippen LogP) is 3.42. The summed E-state index contributed by atoms with van der Waals surface area (Å²) in [5.74, 6) is 0.685. The van der Waals surface area contributed by atoms with E-state index in [-0.39, 0.29) is 41.7 Å². The average Bonchev–Trinajstić information content (AvgIpc) is 3.28. The Morgan fingerprint density at radius 2 is 2.06 bits per heavy atom. The van der Waals surface area contributed by atoms with Gasteiger partial charge in [0.2, 0.25) is 5.91 Å². The SMILES string of the molecule is CCc1cc(C(F)(F)F)c2c([C@H]3CCCN(C(=O)Cn4nc(C)nc4C)C3)noc2n1. The van der Waals surface area contributed by atoms with E-state index in [2.05, 4.69) is 20.2 Å². The molecule has 1 amide bonds. The van der Waals surface area contributed by atoms with Crippen molar-refractivity contribution in [1.29, 1.82) is 0 Å². The Labute approximate surface area is 176 Å². The highest BCUT2D eigenvalue weighted by atomic mass is 19.4. The number of carbonyl (C=O) groups is 1. The molecule has 1 saturated heterocycles. The number of fused-ring (bicyclic) bond motifs is 1. The Morgan fingerprint density at radius 1 is 1.29 bits per heavy atom. The van der Waals surface area contributed by atoms with Gasteiger partial charge in [-0.05, 0) is 39.2 Å². The van der Waals surface area contributed by atoms with E-state index in [1.165, 1.54) is 4.68 Å². The second kappa shape index (κ2) is 7.93. The van der Waals surface area contributed by atoms with Crippen LogP contribution < -0.4 is 0 Å². The van der Waals surface area contributed by atoms with Gasteiger partial charge in [0.1, 0.15) is 18.2 Å². The number of piperidine rings is 1. The monoisotopic (exact) mass is 436 g/mol. The minimum Gasteiger partial charge on any atom is -0.340 e. The number of nitrogens with zero attached hydrogens (tertiary/aromatic N) is 6. The Bertz CT molecular complexity index is 1120. The lowest BCUT2D eigenvalue weighted by Crippen LogP contribution is -2.41. The predicted molar refractivity (Wildman–Crippen MR) is 104 cm³/mol. The number of aryl methyl sites for hydroxylation is 3. The quantitative estimate of drug-likeness (QED) is 0.623. The lowest BCUT2D eigenvalue weighted by atomic mass is 9.91. The Morgan fingerprint density at radius 3 is 2.71 bits per heavy atom. The highest BCUT2D eigenvalue weighted by Crippen LogP contribution is 2.40. The molecule has 31 heavy (non-hydrogen) atoms. The molecule has 3 aromatic heterocycles. The summed E-state index contributed by atoms with van der Waals surface area (Å²) in [6.07, 6.45) is -2.94. The zero-order valence-corrected chi connectivity index (χ0v) is 17.5. The fourth-order valence-electron chi connectivity index (χ4n) is 4.07. The van der Waals surface area contributed by atoms with Gasteiger partial charge in [0.15, 0.2) is 0 Å². The summed E-state index contributed by atoms with van der Waals surface area (Å²) in [5.41, 5.74) is -0.397. The van der Waals surface area contributed by atoms with Crippen molar-refractivity contribution in [1.82, 2.24) is 29.8 Å². The Hall–Kier alpha value is -2.98. The van der Waals surface area contributed by atoms with Gasteiger partial charge in [-0.2, -0.15) is 18.3 Å². The van der Waals surface area contributed by atoms with E-state index < -0.39 is 11.7 Å². The number of aromatic nitrogens is 5. The topological polar surface area (TPSA) is 89.9 Å². The summed E-state index contributed by atoms with van der Waals surface area (Å²) in [5, 5.41) is 8.06. The number of alkyl halides is 3. The van der Waals surface area contributed by atoms with Gasteiger partial charge < -0.3 is 9.42 Å². The van der Waals surface area contributed by atoms with Gasteiger partial charge in [0, 0.05) is 24.7 Å². The minimum atomic E-state index is -4.56. The van der Waals surface area contributed by atoms with Crippen molar-refractivity contribution in [2.45, 2.75) is 58.7 Å². The van der Waals surface area contributed by atoms with E-state index in [4.69, 9.17) is 4.52 Å². The molecule has 8 nitrogen and oxygen atoms in total. The normalized spacial score (nSPS) is 17.5. The van der Waals surface area contributed by atoms with E-state index in [0.29, 0.717) is 43.1 Å². The van der Waals surface area contributed by atoms with Crippen LogP contribution >= 0.6 is 0 Å². The van der Waals surface area contributed by atoms with Gasteiger partial charge in [-0.25, -0.2) is 14.6 Å². The van der Waals surface area contributed by atoms with Gasteiger partial charge in [-0.15, -0.1) is 0 Å². The zero-order valence-electron chi connectivity index (χ0n) is 17.5. The fraction of sp³-hybridized carbons (Fsp3) is 0.550. The number of pyridine rings is 1. The number of halogens is 3.